The summed E-state index contributed by atoms with van der Waals surface area (Å²) in [4.78, 5) is 3.26. The van der Waals surface area contributed by atoms with Crippen LogP contribution in [0.1, 0.15) is 24.6 Å². The number of sulfonamides is 1. The summed E-state index contributed by atoms with van der Waals surface area (Å²) in [7, 11) is -1.39. The van der Waals surface area contributed by atoms with Gasteiger partial charge in [0, 0.05) is 30.1 Å². The van der Waals surface area contributed by atoms with Gasteiger partial charge < -0.3 is 5.73 Å². The number of hydrogen-bond acceptors (Lipinski definition) is 5. The Labute approximate surface area is 118 Å². The second kappa shape index (κ2) is 5.88. The van der Waals surface area contributed by atoms with Gasteiger partial charge in [-0.05, 0) is 38.3 Å². The molecule has 1 aliphatic carbocycles. The lowest BCUT2D eigenvalue weighted by Crippen LogP contribution is -2.41. The van der Waals surface area contributed by atoms with Crippen LogP contribution in [0.25, 0.3) is 0 Å². The van der Waals surface area contributed by atoms with Crippen LogP contribution in [0, 0.1) is 0 Å². The highest BCUT2D eigenvalue weighted by Gasteiger charge is 2.29. The monoisotopic (exact) mass is 303 g/mol. The molecule has 0 amide bonds. The molecule has 1 aromatic heterocycles. The van der Waals surface area contributed by atoms with Crippen LogP contribution < -0.4 is 10.5 Å². The van der Waals surface area contributed by atoms with Crippen molar-refractivity contribution < 1.29 is 8.42 Å². The van der Waals surface area contributed by atoms with Gasteiger partial charge in [0.15, 0.2) is 0 Å². The van der Waals surface area contributed by atoms with E-state index >= 15 is 0 Å². The van der Waals surface area contributed by atoms with E-state index in [9.17, 15) is 8.42 Å². The summed E-state index contributed by atoms with van der Waals surface area (Å²) in [6.07, 6.45) is 2.44. The Morgan fingerprint density at radius 2 is 2.26 bits per heavy atom. The molecule has 0 spiro atoms. The van der Waals surface area contributed by atoms with Crippen molar-refractivity contribution in [1.29, 1.82) is 0 Å². The smallest absolute Gasteiger partial charge is 0.241 e. The van der Waals surface area contributed by atoms with E-state index in [1.54, 1.807) is 11.4 Å². The van der Waals surface area contributed by atoms with E-state index in [1.807, 2.05) is 14.0 Å². The van der Waals surface area contributed by atoms with Gasteiger partial charge >= 0.3 is 0 Å². The molecule has 0 radical (unpaired) electrons. The summed E-state index contributed by atoms with van der Waals surface area (Å²) in [5.74, 6) is 0. The van der Waals surface area contributed by atoms with Crippen molar-refractivity contribution in [1.82, 2.24) is 9.62 Å². The molecule has 19 heavy (non-hydrogen) atoms. The van der Waals surface area contributed by atoms with E-state index in [-0.39, 0.29) is 12.6 Å². The van der Waals surface area contributed by atoms with E-state index in [4.69, 9.17) is 5.73 Å². The number of nitrogens with two attached hydrogens (primary N) is 1. The van der Waals surface area contributed by atoms with Gasteiger partial charge in [-0.15, -0.1) is 11.3 Å². The molecular weight excluding hydrogens is 282 g/mol. The minimum absolute atomic E-state index is 0.197. The minimum atomic E-state index is -3.44. The second-order valence-corrected chi connectivity index (χ2v) is 7.75. The number of rotatable bonds is 7. The van der Waals surface area contributed by atoms with Crippen molar-refractivity contribution in [2.45, 2.75) is 43.3 Å². The highest BCUT2D eigenvalue weighted by Crippen LogP contribution is 2.27. The van der Waals surface area contributed by atoms with Gasteiger partial charge in [0.25, 0.3) is 0 Å². The first-order valence-electron chi connectivity index (χ1n) is 6.43. The molecule has 0 aliphatic heterocycles. The fourth-order valence-electron chi connectivity index (χ4n) is 2.01. The first kappa shape index (κ1) is 14.9. The van der Waals surface area contributed by atoms with E-state index < -0.39 is 10.0 Å². The summed E-state index contributed by atoms with van der Waals surface area (Å²) in [5.41, 5.74) is 5.55. The number of thiophene rings is 1. The normalized spacial score (nSPS) is 17.9. The van der Waals surface area contributed by atoms with E-state index in [0.717, 1.165) is 0 Å². The average Bonchev–Trinajstić information content (AvgIpc) is 3.11. The third-order valence-electron chi connectivity index (χ3n) is 3.57. The maximum Gasteiger partial charge on any atom is 0.241 e. The van der Waals surface area contributed by atoms with Crippen LogP contribution in [0.5, 0.6) is 0 Å². The van der Waals surface area contributed by atoms with Crippen LogP contribution in [0.4, 0.5) is 0 Å². The van der Waals surface area contributed by atoms with Crippen LogP contribution >= 0.6 is 11.3 Å². The molecule has 7 heteroatoms. The van der Waals surface area contributed by atoms with Crippen molar-refractivity contribution >= 4 is 21.4 Å². The van der Waals surface area contributed by atoms with Gasteiger partial charge in [-0.1, -0.05) is 0 Å². The van der Waals surface area contributed by atoms with Crippen molar-refractivity contribution in [2.75, 3.05) is 13.6 Å². The van der Waals surface area contributed by atoms with E-state index in [2.05, 4.69) is 9.62 Å². The van der Waals surface area contributed by atoms with Crippen LogP contribution in [0.3, 0.4) is 0 Å². The lowest BCUT2D eigenvalue weighted by atomic mass is 10.3. The molecule has 2 rings (SSSR count). The Morgan fingerprint density at radius 1 is 1.58 bits per heavy atom. The topological polar surface area (TPSA) is 75.4 Å². The number of nitrogens with one attached hydrogen (secondary N) is 1. The standard InChI is InChI=1S/C12H21N3O2S2/c1-9(15(2)10-3-4-10)8-14-19(16,17)12-5-6-18-11(12)7-13/h5-6,9-10,14H,3-4,7-8,13H2,1-2H3. The highest BCUT2D eigenvalue weighted by molar-refractivity contribution is 7.89. The molecule has 5 nitrogen and oxygen atoms in total. The molecular formula is C12H21N3O2S2. The fraction of sp³-hybridized carbons (Fsp3) is 0.667. The molecule has 1 atom stereocenters. The SMILES string of the molecule is CC(CNS(=O)(=O)c1ccsc1CN)N(C)C1CC1. The molecule has 108 valence electrons. The third-order valence-corrected chi connectivity index (χ3v) is 6.15. The van der Waals surface area contributed by atoms with E-state index in [1.165, 1.54) is 24.2 Å². The van der Waals surface area contributed by atoms with Gasteiger partial charge in [-0.3, -0.25) is 4.90 Å². The van der Waals surface area contributed by atoms with Crippen molar-refractivity contribution in [2.24, 2.45) is 5.73 Å². The molecule has 1 saturated carbocycles. The van der Waals surface area contributed by atoms with E-state index in [0.29, 0.717) is 22.4 Å². The molecule has 1 unspecified atom stereocenters. The lowest BCUT2D eigenvalue weighted by Gasteiger charge is -2.24. The molecule has 0 saturated heterocycles. The van der Waals surface area contributed by atoms with Crippen molar-refractivity contribution in [3.8, 4) is 0 Å². The van der Waals surface area contributed by atoms with Crippen molar-refractivity contribution in [3.05, 3.63) is 16.3 Å². The molecule has 1 heterocycles. The summed E-state index contributed by atoms with van der Waals surface area (Å²) in [6.45, 7) is 2.72. The Balaban J connectivity index is 1.97. The number of hydrogen-bond donors (Lipinski definition) is 2. The first-order chi connectivity index (χ1) is 8.95. The quantitative estimate of drug-likeness (QED) is 0.787. The Kier molecular flexibility index (Phi) is 4.62. The highest BCUT2D eigenvalue weighted by atomic mass is 32.2. The lowest BCUT2D eigenvalue weighted by molar-refractivity contribution is 0.248. The van der Waals surface area contributed by atoms with Crippen molar-refractivity contribution in [3.63, 3.8) is 0 Å². The largest absolute Gasteiger partial charge is 0.326 e. The van der Waals surface area contributed by atoms with Gasteiger partial charge in [0.05, 0.1) is 4.90 Å². The van der Waals surface area contributed by atoms with Gasteiger partial charge in [-0.25, -0.2) is 13.1 Å². The average molecular weight is 303 g/mol. The summed E-state index contributed by atoms with van der Waals surface area (Å²) in [6, 6.07) is 2.44. The van der Waals surface area contributed by atoms with Crippen LogP contribution in [-0.2, 0) is 16.6 Å². The summed E-state index contributed by atoms with van der Waals surface area (Å²) in [5, 5.41) is 1.76. The summed E-state index contributed by atoms with van der Waals surface area (Å²) < 4.78 is 27.1. The summed E-state index contributed by atoms with van der Waals surface area (Å²) >= 11 is 1.38. The molecule has 1 aromatic rings. The number of nitrogens with zero attached hydrogens (tertiary/aromatic N) is 1. The molecule has 1 fully saturated rings. The Bertz CT molecular complexity index is 523. The minimum Gasteiger partial charge on any atom is -0.326 e. The Hall–Kier alpha value is -0.470. The zero-order chi connectivity index (χ0) is 14.0. The predicted molar refractivity (Wildman–Crippen MR) is 77.6 cm³/mol. The molecule has 3 N–H and O–H groups in total. The second-order valence-electron chi connectivity index (χ2n) is 5.01. The van der Waals surface area contributed by atoms with Crippen LogP contribution in [0.15, 0.2) is 16.3 Å². The Morgan fingerprint density at radius 3 is 2.84 bits per heavy atom. The zero-order valence-corrected chi connectivity index (χ0v) is 12.9. The molecule has 0 aromatic carbocycles. The maximum absolute atomic E-state index is 12.2. The zero-order valence-electron chi connectivity index (χ0n) is 11.3. The van der Waals surface area contributed by atoms with Gasteiger partial charge in [0.2, 0.25) is 10.0 Å². The molecule has 0 bridgehead atoms. The fourth-order valence-corrected chi connectivity index (χ4v) is 4.47. The van der Waals surface area contributed by atoms with Gasteiger partial charge in [0.1, 0.15) is 0 Å². The number of likely N-dealkylation sites (N-methyl/N-ethyl adjacent to an activating group) is 1. The maximum atomic E-state index is 12.2. The third kappa shape index (κ3) is 3.55. The van der Waals surface area contributed by atoms with Gasteiger partial charge in [-0.2, -0.15) is 0 Å². The van der Waals surface area contributed by atoms with Crippen LogP contribution in [-0.4, -0.2) is 39.0 Å². The predicted octanol–water partition coefficient (Wildman–Crippen LogP) is 0.968. The first-order valence-corrected chi connectivity index (χ1v) is 8.80. The molecule has 1 aliphatic rings. The van der Waals surface area contributed by atoms with Crippen LogP contribution in [0.2, 0.25) is 0 Å².